The Morgan fingerprint density at radius 1 is 1.18 bits per heavy atom. The Kier molecular flexibility index (Phi) is 6.91. The SMILES string of the molecule is CCCC1C(Nc2cccc3cnccc23)C(C)CN1Cc1ccc(C)c(NS(C)(=O)=O)c1.[HH].[HH]. The first-order chi connectivity index (χ1) is 15.7. The van der Waals surface area contributed by atoms with Gasteiger partial charge in [0.2, 0.25) is 10.0 Å². The largest absolute Gasteiger partial charge is 0.380 e. The zero-order valence-electron chi connectivity index (χ0n) is 19.9. The van der Waals surface area contributed by atoms with Gasteiger partial charge in [0.15, 0.2) is 0 Å². The number of hydrogen-bond acceptors (Lipinski definition) is 5. The minimum Gasteiger partial charge on any atom is -0.380 e. The quantitative estimate of drug-likeness (QED) is 0.454. The fourth-order valence-corrected chi connectivity index (χ4v) is 5.66. The van der Waals surface area contributed by atoms with Crippen molar-refractivity contribution in [2.45, 2.75) is 52.2 Å². The number of likely N-dealkylation sites (tertiary alicyclic amines) is 1. The summed E-state index contributed by atoms with van der Waals surface area (Å²) < 4.78 is 26.2. The molecule has 180 valence electrons. The lowest BCUT2D eigenvalue weighted by Gasteiger charge is -2.30. The number of hydrogen-bond donors (Lipinski definition) is 2. The van der Waals surface area contributed by atoms with E-state index in [2.05, 4.69) is 64.1 Å². The molecule has 4 rings (SSSR count). The van der Waals surface area contributed by atoms with Gasteiger partial charge in [-0.15, -0.1) is 0 Å². The molecule has 1 aliphatic heterocycles. The van der Waals surface area contributed by atoms with E-state index in [4.69, 9.17) is 0 Å². The van der Waals surface area contributed by atoms with Gasteiger partial charge >= 0.3 is 0 Å². The van der Waals surface area contributed by atoms with Gasteiger partial charge in [-0.3, -0.25) is 14.6 Å². The molecule has 0 bridgehead atoms. The molecule has 2 N–H and O–H groups in total. The zero-order chi connectivity index (χ0) is 23.6. The highest BCUT2D eigenvalue weighted by molar-refractivity contribution is 7.92. The molecular weight excluding hydrogens is 432 g/mol. The minimum absolute atomic E-state index is 0. The number of aromatic nitrogens is 1. The molecule has 0 spiro atoms. The monoisotopic (exact) mass is 470 g/mol. The second-order valence-electron chi connectivity index (χ2n) is 9.36. The van der Waals surface area contributed by atoms with Crippen LogP contribution >= 0.6 is 0 Å². The Bertz CT molecular complexity index is 1230. The Labute approximate surface area is 200 Å². The molecule has 3 unspecified atom stereocenters. The van der Waals surface area contributed by atoms with Crippen LogP contribution < -0.4 is 10.0 Å². The van der Waals surface area contributed by atoms with E-state index in [1.165, 1.54) is 11.6 Å². The summed E-state index contributed by atoms with van der Waals surface area (Å²) in [5.74, 6) is 0.484. The van der Waals surface area contributed by atoms with Gasteiger partial charge in [0, 0.05) is 56.9 Å². The zero-order valence-corrected chi connectivity index (χ0v) is 20.7. The van der Waals surface area contributed by atoms with E-state index in [-0.39, 0.29) is 2.85 Å². The Morgan fingerprint density at radius 3 is 2.76 bits per heavy atom. The fourth-order valence-electron chi connectivity index (χ4n) is 5.04. The second kappa shape index (κ2) is 9.69. The molecule has 3 aromatic rings. The number of sulfonamides is 1. The summed E-state index contributed by atoms with van der Waals surface area (Å²) in [5, 5.41) is 6.21. The Hall–Kier alpha value is -2.64. The van der Waals surface area contributed by atoms with Crippen molar-refractivity contribution in [3.05, 3.63) is 66.0 Å². The molecule has 3 atom stereocenters. The summed E-state index contributed by atoms with van der Waals surface area (Å²) in [7, 11) is -3.31. The third-order valence-electron chi connectivity index (χ3n) is 6.59. The van der Waals surface area contributed by atoms with Crippen molar-refractivity contribution in [1.82, 2.24) is 9.88 Å². The average Bonchev–Trinajstić information content (AvgIpc) is 3.04. The van der Waals surface area contributed by atoms with Crippen molar-refractivity contribution in [1.29, 1.82) is 0 Å². The van der Waals surface area contributed by atoms with E-state index in [0.717, 1.165) is 48.1 Å². The van der Waals surface area contributed by atoms with Gasteiger partial charge in [-0.2, -0.15) is 0 Å². The first-order valence-electron chi connectivity index (χ1n) is 11.7. The average molecular weight is 471 g/mol. The third-order valence-corrected chi connectivity index (χ3v) is 7.18. The molecule has 0 aliphatic carbocycles. The number of fused-ring (bicyclic) bond motifs is 1. The van der Waals surface area contributed by atoms with Gasteiger partial charge in [0.1, 0.15) is 0 Å². The van der Waals surface area contributed by atoms with Gasteiger partial charge in [0.25, 0.3) is 0 Å². The van der Waals surface area contributed by atoms with Gasteiger partial charge in [0.05, 0.1) is 11.9 Å². The second-order valence-corrected chi connectivity index (χ2v) is 11.1. The number of aryl methyl sites for hydroxylation is 1. The van der Waals surface area contributed by atoms with Crippen molar-refractivity contribution in [3.8, 4) is 0 Å². The van der Waals surface area contributed by atoms with Crippen LogP contribution in [-0.4, -0.2) is 43.2 Å². The van der Waals surface area contributed by atoms with Crippen LogP contribution in [0.1, 0.15) is 40.7 Å². The number of benzene rings is 2. The van der Waals surface area contributed by atoms with Crippen LogP contribution in [0.25, 0.3) is 10.8 Å². The number of rotatable bonds is 8. The highest BCUT2D eigenvalue weighted by Gasteiger charge is 2.38. The molecule has 0 amide bonds. The van der Waals surface area contributed by atoms with Crippen LogP contribution in [0.4, 0.5) is 11.4 Å². The summed E-state index contributed by atoms with van der Waals surface area (Å²) in [6, 6.07) is 15.2. The predicted molar refractivity (Wildman–Crippen MR) is 141 cm³/mol. The van der Waals surface area contributed by atoms with Crippen molar-refractivity contribution in [2.24, 2.45) is 5.92 Å². The Morgan fingerprint density at radius 2 is 2.00 bits per heavy atom. The van der Waals surface area contributed by atoms with Crippen molar-refractivity contribution >= 4 is 32.2 Å². The first-order valence-corrected chi connectivity index (χ1v) is 13.5. The van der Waals surface area contributed by atoms with E-state index >= 15 is 0 Å². The lowest BCUT2D eigenvalue weighted by Crippen LogP contribution is -2.39. The molecule has 1 aromatic heterocycles. The predicted octanol–water partition coefficient (Wildman–Crippen LogP) is 5.51. The summed E-state index contributed by atoms with van der Waals surface area (Å²) in [6.07, 6.45) is 7.17. The maximum absolute atomic E-state index is 11.8. The van der Waals surface area contributed by atoms with E-state index in [9.17, 15) is 8.42 Å². The minimum atomic E-state index is -3.31. The molecule has 0 radical (unpaired) electrons. The number of nitrogens with one attached hydrogen (secondary N) is 2. The van der Waals surface area contributed by atoms with Crippen molar-refractivity contribution in [3.63, 3.8) is 0 Å². The van der Waals surface area contributed by atoms with Gasteiger partial charge in [-0.1, -0.05) is 44.5 Å². The van der Waals surface area contributed by atoms with Crippen molar-refractivity contribution in [2.75, 3.05) is 22.8 Å². The van der Waals surface area contributed by atoms with Crippen LogP contribution in [-0.2, 0) is 16.6 Å². The highest BCUT2D eigenvalue weighted by atomic mass is 32.2. The molecule has 2 aromatic carbocycles. The van der Waals surface area contributed by atoms with Crippen LogP contribution in [0.15, 0.2) is 54.9 Å². The molecule has 1 aliphatic rings. The van der Waals surface area contributed by atoms with Gasteiger partial charge in [-0.25, -0.2) is 8.42 Å². The maximum atomic E-state index is 11.8. The third kappa shape index (κ3) is 5.47. The lowest BCUT2D eigenvalue weighted by molar-refractivity contribution is 0.226. The smallest absolute Gasteiger partial charge is 0.229 e. The van der Waals surface area contributed by atoms with Crippen LogP contribution in [0.2, 0.25) is 0 Å². The van der Waals surface area contributed by atoms with Gasteiger partial charge < -0.3 is 5.32 Å². The molecular formula is C26H38N4O2S. The van der Waals surface area contributed by atoms with Crippen LogP contribution in [0.3, 0.4) is 0 Å². The Balaban J connectivity index is 0.00000216. The van der Waals surface area contributed by atoms with Crippen LogP contribution in [0.5, 0.6) is 0 Å². The number of pyridine rings is 1. The topological polar surface area (TPSA) is 74.3 Å². The summed E-state index contributed by atoms with van der Waals surface area (Å²) in [6.45, 7) is 8.28. The number of anilines is 2. The van der Waals surface area contributed by atoms with Gasteiger partial charge in [-0.05, 0) is 48.6 Å². The molecule has 1 saturated heterocycles. The molecule has 1 fully saturated rings. The van der Waals surface area contributed by atoms with E-state index in [1.807, 2.05) is 31.5 Å². The molecule has 0 saturated carbocycles. The van der Waals surface area contributed by atoms with E-state index in [0.29, 0.717) is 23.7 Å². The fraction of sp³-hybridized carbons (Fsp3) is 0.423. The van der Waals surface area contributed by atoms with E-state index < -0.39 is 10.0 Å². The molecule has 7 heteroatoms. The first kappa shape index (κ1) is 23.5. The highest BCUT2D eigenvalue weighted by Crippen LogP contribution is 2.33. The van der Waals surface area contributed by atoms with E-state index in [1.54, 1.807) is 0 Å². The normalized spacial score (nSPS) is 21.4. The maximum Gasteiger partial charge on any atom is 0.229 e. The van der Waals surface area contributed by atoms with Crippen molar-refractivity contribution < 1.29 is 11.3 Å². The molecule has 6 nitrogen and oxygen atoms in total. The summed E-state index contributed by atoms with van der Waals surface area (Å²) in [4.78, 5) is 6.81. The molecule has 33 heavy (non-hydrogen) atoms. The number of nitrogens with zero attached hydrogens (tertiary/aromatic N) is 2. The summed E-state index contributed by atoms with van der Waals surface area (Å²) >= 11 is 0. The van der Waals surface area contributed by atoms with Crippen LogP contribution in [0, 0.1) is 12.8 Å². The standard InChI is InChI=1S/C26H34N4O2S.2H2/c1-5-7-25-26(28-23-9-6-8-21-15-27-13-12-22(21)23)19(3)16-30(25)17-20-11-10-18(2)24(14-20)29-33(4,31)32;;/h6,8-15,19,25-26,28-29H,5,7,16-17H2,1-4H3;2*1H. The summed E-state index contributed by atoms with van der Waals surface area (Å²) in [5.41, 5.74) is 3.86. The lowest BCUT2D eigenvalue weighted by atomic mass is 9.96. The molecule has 2 heterocycles.